The average molecular weight is 483 g/mol. The van der Waals surface area contributed by atoms with Crippen LogP contribution in [0.1, 0.15) is 40.5 Å². The minimum absolute atomic E-state index is 0.105. The summed E-state index contributed by atoms with van der Waals surface area (Å²) in [5.74, 6) is 2.04. The molecule has 0 saturated heterocycles. The zero-order chi connectivity index (χ0) is 24.6. The lowest BCUT2D eigenvalue weighted by atomic mass is 10.0. The molecule has 0 saturated carbocycles. The van der Waals surface area contributed by atoms with Crippen LogP contribution in [0.15, 0.2) is 36.4 Å². The van der Waals surface area contributed by atoms with Gasteiger partial charge in [-0.3, -0.25) is 0 Å². The molecular formula is C28H38N2O5. The van der Waals surface area contributed by atoms with E-state index in [2.05, 4.69) is 27.7 Å². The Bertz CT molecular complexity index is 1010. The van der Waals surface area contributed by atoms with Gasteiger partial charge in [-0.05, 0) is 48.9 Å². The van der Waals surface area contributed by atoms with Crippen molar-refractivity contribution in [1.82, 2.24) is 9.97 Å². The van der Waals surface area contributed by atoms with Crippen molar-refractivity contribution in [2.24, 2.45) is 11.8 Å². The summed E-state index contributed by atoms with van der Waals surface area (Å²) in [6.45, 7) is 11.7. The van der Waals surface area contributed by atoms with Crippen molar-refractivity contribution in [1.29, 1.82) is 0 Å². The number of nitrogens with zero attached hydrogens (tertiary/aromatic N) is 2. The molecule has 1 aliphatic rings. The highest BCUT2D eigenvalue weighted by Crippen LogP contribution is 2.32. The average Bonchev–Trinajstić information content (AvgIpc) is 2.88. The SMILES string of the molecule is CCC(C)[C@H]1COCCOCCOC[C@H](C(C)CC)Oc2cccc3nc4cccc(c4nc23)O1. The van der Waals surface area contributed by atoms with Gasteiger partial charge >= 0.3 is 0 Å². The minimum atomic E-state index is -0.105. The van der Waals surface area contributed by atoms with Gasteiger partial charge in [-0.15, -0.1) is 0 Å². The lowest BCUT2D eigenvalue weighted by molar-refractivity contribution is -0.0273. The number of benzene rings is 2. The summed E-state index contributed by atoms with van der Waals surface area (Å²) < 4.78 is 30.6. The Morgan fingerprint density at radius 3 is 1.60 bits per heavy atom. The Hall–Kier alpha value is -2.48. The first-order valence-corrected chi connectivity index (χ1v) is 12.9. The molecule has 2 unspecified atom stereocenters. The maximum Gasteiger partial charge on any atom is 0.147 e. The second kappa shape index (κ2) is 12.5. The highest BCUT2D eigenvalue weighted by Gasteiger charge is 2.22. The van der Waals surface area contributed by atoms with E-state index >= 15 is 0 Å². The van der Waals surface area contributed by atoms with Crippen molar-refractivity contribution in [3.8, 4) is 11.5 Å². The lowest BCUT2D eigenvalue weighted by Gasteiger charge is -2.26. The van der Waals surface area contributed by atoms with Gasteiger partial charge in [0.25, 0.3) is 0 Å². The van der Waals surface area contributed by atoms with E-state index in [0.717, 1.165) is 34.9 Å². The van der Waals surface area contributed by atoms with E-state index in [4.69, 9.17) is 33.7 Å². The summed E-state index contributed by atoms with van der Waals surface area (Å²) >= 11 is 0. The van der Waals surface area contributed by atoms with Crippen molar-refractivity contribution < 1.29 is 23.7 Å². The van der Waals surface area contributed by atoms with E-state index in [0.29, 0.717) is 63.0 Å². The lowest BCUT2D eigenvalue weighted by Crippen LogP contribution is -2.31. The molecule has 7 heteroatoms. The van der Waals surface area contributed by atoms with Crippen LogP contribution >= 0.6 is 0 Å². The molecule has 2 aromatic carbocycles. The molecule has 0 N–H and O–H groups in total. The van der Waals surface area contributed by atoms with E-state index in [1.807, 2.05) is 36.4 Å². The van der Waals surface area contributed by atoms with E-state index in [1.54, 1.807) is 0 Å². The van der Waals surface area contributed by atoms with Crippen LogP contribution in [-0.4, -0.2) is 61.8 Å². The summed E-state index contributed by atoms with van der Waals surface area (Å²) in [6, 6.07) is 11.8. The molecular weight excluding hydrogens is 444 g/mol. The summed E-state index contributed by atoms with van der Waals surface area (Å²) in [5, 5.41) is 0. The van der Waals surface area contributed by atoms with Gasteiger partial charge in [0.15, 0.2) is 0 Å². The first-order valence-electron chi connectivity index (χ1n) is 12.9. The third-order valence-electron chi connectivity index (χ3n) is 6.84. The fourth-order valence-electron chi connectivity index (χ4n) is 4.08. The van der Waals surface area contributed by atoms with Crippen LogP contribution in [-0.2, 0) is 14.2 Å². The van der Waals surface area contributed by atoms with Crippen LogP contribution < -0.4 is 9.47 Å². The van der Waals surface area contributed by atoms with Crippen molar-refractivity contribution in [2.75, 3.05) is 39.6 Å². The molecule has 0 fully saturated rings. The smallest absolute Gasteiger partial charge is 0.147 e. The monoisotopic (exact) mass is 482 g/mol. The first-order chi connectivity index (χ1) is 17.1. The Morgan fingerprint density at radius 2 is 1.14 bits per heavy atom. The Morgan fingerprint density at radius 1 is 0.686 bits per heavy atom. The molecule has 0 aliphatic carbocycles. The molecule has 35 heavy (non-hydrogen) atoms. The normalized spacial score (nSPS) is 22.3. The molecule has 1 aliphatic heterocycles. The van der Waals surface area contributed by atoms with Gasteiger partial charge in [0.1, 0.15) is 34.7 Å². The van der Waals surface area contributed by atoms with Crippen LogP contribution in [0, 0.1) is 11.8 Å². The minimum Gasteiger partial charge on any atom is -0.485 e. The highest BCUT2D eigenvalue weighted by atomic mass is 16.6. The molecule has 2 bridgehead atoms. The fourth-order valence-corrected chi connectivity index (χ4v) is 4.08. The number of aromatic nitrogens is 2. The number of ether oxygens (including phenoxy) is 5. The second-order valence-corrected chi connectivity index (χ2v) is 9.32. The number of para-hydroxylation sites is 2. The summed E-state index contributed by atoms with van der Waals surface area (Å²) in [6.07, 6.45) is 1.75. The zero-order valence-corrected chi connectivity index (χ0v) is 21.4. The van der Waals surface area contributed by atoms with Crippen molar-refractivity contribution in [3.63, 3.8) is 0 Å². The number of hydrogen-bond donors (Lipinski definition) is 0. The number of hydrogen-bond acceptors (Lipinski definition) is 7. The maximum atomic E-state index is 6.52. The van der Waals surface area contributed by atoms with Gasteiger partial charge in [-0.1, -0.05) is 39.8 Å². The van der Waals surface area contributed by atoms with Crippen molar-refractivity contribution in [3.05, 3.63) is 36.4 Å². The zero-order valence-electron chi connectivity index (χ0n) is 21.4. The van der Waals surface area contributed by atoms with Crippen molar-refractivity contribution >= 4 is 22.1 Å². The molecule has 0 radical (unpaired) electrons. The predicted octanol–water partition coefficient (Wildman–Crippen LogP) is 5.43. The van der Waals surface area contributed by atoms with Crippen LogP contribution in [0.3, 0.4) is 0 Å². The maximum absolute atomic E-state index is 6.52. The Balaban J connectivity index is 1.76. The fraction of sp³-hybridized carbons (Fsp3) is 0.571. The molecule has 190 valence electrons. The number of rotatable bonds is 4. The predicted molar refractivity (Wildman–Crippen MR) is 137 cm³/mol. The topological polar surface area (TPSA) is 71.9 Å². The Labute approximate surface area is 208 Å². The van der Waals surface area contributed by atoms with E-state index in [-0.39, 0.29) is 12.2 Å². The van der Waals surface area contributed by atoms with Gasteiger partial charge in [0.05, 0.1) is 50.7 Å². The molecule has 2 heterocycles. The second-order valence-electron chi connectivity index (χ2n) is 9.32. The first kappa shape index (κ1) is 25.6. The van der Waals surface area contributed by atoms with Crippen molar-refractivity contribution in [2.45, 2.75) is 52.7 Å². The van der Waals surface area contributed by atoms with Gasteiger partial charge in [0.2, 0.25) is 0 Å². The van der Waals surface area contributed by atoms with Gasteiger partial charge < -0.3 is 23.7 Å². The van der Waals surface area contributed by atoms with E-state index < -0.39 is 0 Å². The standard InChI is InChI=1S/C28H38N2O5/c1-5-19(3)25-17-32-15-13-31-14-16-33-18-26(20(4)6-2)35-24-12-8-10-22-28(24)30-27-21(29-22)9-7-11-23(27)34-25/h7-12,19-20,25-26H,5-6,13-18H2,1-4H3/t19?,20?,25-,26-/m1/s1. The van der Waals surface area contributed by atoms with Gasteiger partial charge in [-0.25, -0.2) is 9.97 Å². The van der Waals surface area contributed by atoms with Crippen LogP contribution in [0.2, 0.25) is 0 Å². The van der Waals surface area contributed by atoms with Crippen LogP contribution in [0.5, 0.6) is 11.5 Å². The summed E-state index contributed by atoms with van der Waals surface area (Å²) in [4.78, 5) is 9.92. The molecule has 4 rings (SSSR count). The quantitative estimate of drug-likeness (QED) is 0.459. The summed E-state index contributed by atoms with van der Waals surface area (Å²) in [5.41, 5.74) is 3.04. The third-order valence-corrected chi connectivity index (χ3v) is 6.84. The molecule has 7 nitrogen and oxygen atoms in total. The summed E-state index contributed by atoms with van der Waals surface area (Å²) in [7, 11) is 0. The highest BCUT2D eigenvalue weighted by molar-refractivity contribution is 5.92. The van der Waals surface area contributed by atoms with Gasteiger partial charge in [0, 0.05) is 0 Å². The third kappa shape index (κ3) is 6.40. The van der Waals surface area contributed by atoms with Crippen LogP contribution in [0.25, 0.3) is 22.1 Å². The largest absolute Gasteiger partial charge is 0.485 e. The van der Waals surface area contributed by atoms with E-state index in [9.17, 15) is 0 Å². The molecule has 4 atom stereocenters. The molecule has 0 amide bonds. The molecule has 1 aromatic heterocycles. The molecule has 3 aromatic rings. The van der Waals surface area contributed by atoms with Crippen LogP contribution in [0.4, 0.5) is 0 Å². The van der Waals surface area contributed by atoms with Gasteiger partial charge in [-0.2, -0.15) is 0 Å². The Kier molecular flexibility index (Phi) is 9.12. The van der Waals surface area contributed by atoms with E-state index in [1.165, 1.54) is 0 Å². The molecule has 0 spiro atoms.